The van der Waals surface area contributed by atoms with Crippen molar-refractivity contribution >= 4 is 63.8 Å². The highest BCUT2D eigenvalue weighted by Crippen LogP contribution is 2.32. The second kappa shape index (κ2) is 6.06. The molecule has 20 heavy (non-hydrogen) atoms. The van der Waals surface area contributed by atoms with Crippen molar-refractivity contribution in [1.29, 1.82) is 0 Å². The number of carbonyl (C=O) groups excluding carboxylic acids is 1. The molecule has 0 aliphatic carbocycles. The average molecular weight is 351 g/mol. The first-order chi connectivity index (χ1) is 9.38. The standard InChI is InChI=1S/C12H7Cl4N3O/c13-6-2-8(15)10(3-7(6)14)19-12(20)5-1-9(16)11(17)18-4-5/h1-4H,(H2,17,18)(H,19,20). The van der Waals surface area contributed by atoms with E-state index in [0.717, 1.165) is 0 Å². The van der Waals surface area contributed by atoms with E-state index >= 15 is 0 Å². The first kappa shape index (κ1) is 15.2. The van der Waals surface area contributed by atoms with Crippen molar-refractivity contribution in [3.05, 3.63) is 50.0 Å². The van der Waals surface area contributed by atoms with Crippen LogP contribution in [0, 0.1) is 0 Å². The number of pyridine rings is 1. The lowest BCUT2D eigenvalue weighted by atomic mass is 10.2. The van der Waals surface area contributed by atoms with Crippen molar-refractivity contribution < 1.29 is 4.79 Å². The van der Waals surface area contributed by atoms with Gasteiger partial charge in [-0.15, -0.1) is 0 Å². The lowest BCUT2D eigenvalue weighted by Gasteiger charge is -2.09. The van der Waals surface area contributed by atoms with E-state index in [0.29, 0.717) is 10.7 Å². The van der Waals surface area contributed by atoms with Crippen molar-refractivity contribution in [2.24, 2.45) is 0 Å². The summed E-state index contributed by atoms with van der Waals surface area (Å²) in [7, 11) is 0. The lowest BCUT2D eigenvalue weighted by Crippen LogP contribution is -2.13. The summed E-state index contributed by atoms with van der Waals surface area (Å²) in [5.41, 5.74) is 6.05. The summed E-state index contributed by atoms with van der Waals surface area (Å²) in [5, 5.41) is 3.62. The van der Waals surface area contributed by atoms with E-state index in [9.17, 15) is 4.79 Å². The van der Waals surface area contributed by atoms with Gasteiger partial charge in [-0.1, -0.05) is 46.4 Å². The zero-order chi connectivity index (χ0) is 14.9. The Morgan fingerprint density at radius 1 is 1.00 bits per heavy atom. The van der Waals surface area contributed by atoms with Crippen molar-refractivity contribution in [1.82, 2.24) is 4.98 Å². The minimum Gasteiger partial charge on any atom is -0.382 e. The molecule has 8 heteroatoms. The van der Waals surface area contributed by atoms with E-state index < -0.39 is 5.91 Å². The maximum atomic E-state index is 12.0. The number of carbonyl (C=O) groups is 1. The number of nitrogens with zero attached hydrogens (tertiary/aromatic N) is 1. The molecule has 0 aliphatic rings. The van der Waals surface area contributed by atoms with Crippen LogP contribution in [0.4, 0.5) is 11.5 Å². The van der Waals surface area contributed by atoms with Gasteiger partial charge in [-0.3, -0.25) is 4.79 Å². The number of halogens is 4. The SMILES string of the molecule is Nc1ncc(C(=O)Nc2cc(Cl)c(Cl)cc2Cl)cc1Cl. The Morgan fingerprint density at radius 3 is 2.30 bits per heavy atom. The number of amides is 1. The summed E-state index contributed by atoms with van der Waals surface area (Å²) < 4.78 is 0. The van der Waals surface area contributed by atoms with Gasteiger partial charge in [-0.05, 0) is 18.2 Å². The van der Waals surface area contributed by atoms with Gasteiger partial charge in [0.05, 0.1) is 31.3 Å². The summed E-state index contributed by atoms with van der Waals surface area (Å²) in [6.45, 7) is 0. The van der Waals surface area contributed by atoms with Gasteiger partial charge in [0.1, 0.15) is 5.82 Å². The molecule has 0 bridgehead atoms. The third-order valence-electron chi connectivity index (χ3n) is 2.39. The second-order valence-electron chi connectivity index (χ2n) is 3.79. The van der Waals surface area contributed by atoms with Gasteiger partial charge >= 0.3 is 0 Å². The topological polar surface area (TPSA) is 68.0 Å². The van der Waals surface area contributed by atoms with Gasteiger partial charge in [-0.2, -0.15) is 0 Å². The number of nitrogen functional groups attached to an aromatic ring is 1. The highest BCUT2D eigenvalue weighted by molar-refractivity contribution is 6.44. The molecule has 0 fully saturated rings. The number of anilines is 2. The first-order valence-corrected chi connectivity index (χ1v) is 6.76. The minimum absolute atomic E-state index is 0.149. The number of hydrogen-bond donors (Lipinski definition) is 2. The van der Waals surface area contributed by atoms with Crippen LogP contribution in [0.5, 0.6) is 0 Å². The molecule has 4 nitrogen and oxygen atoms in total. The zero-order valence-corrected chi connectivity index (χ0v) is 12.8. The summed E-state index contributed by atoms with van der Waals surface area (Å²) in [5.74, 6) is -0.296. The van der Waals surface area contributed by atoms with Crippen LogP contribution in [-0.4, -0.2) is 10.9 Å². The summed E-state index contributed by atoms with van der Waals surface area (Å²) in [6.07, 6.45) is 1.31. The second-order valence-corrected chi connectivity index (χ2v) is 5.42. The van der Waals surface area contributed by atoms with Crippen LogP contribution < -0.4 is 11.1 Å². The van der Waals surface area contributed by atoms with E-state index in [2.05, 4.69) is 10.3 Å². The van der Waals surface area contributed by atoms with Gasteiger partial charge in [-0.25, -0.2) is 4.98 Å². The molecule has 0 saturated carbocycles. The molecule has 1 amide bonds. The van der Waals surface area contributed by atoms with Crippen molar-refractivity contribution in [3.63, 3.8) is 0 Å². The molecular weight excluding hydrogens is 344 g/mol. The van der Waals surface area contributed by atoms with Crippen LogP contribution in [0.15, 0.2) is 24.4 Å². The predicted octanol–water partition coefficient (Wildman–Crippen LogP) is 4.53. The van der Waals surface area contributed by atoms with E-state index in [4.69, 9.17) is 52.1 Å². The number of benzene rings is 1. The molecule has 3 N–H and O–H groups in total. The molecule has 2 aromatic rings. The van der Waals surface area contributed by atoms with Crippen LogP contribution in [0.1, 0.15) is 10.4 Å². The fourth-order valence-electron chi connectivity index (χ4n) is 1.39. The van der Waals surface area contributed by atoms with Crippen LogP contribution in [-0.2, 0) is 0 Å². The lowest BCUT2D eigenvalue weighted by molar-refractivity contribution is 0.102. The predicted molar refractivity (Wildman–Crippen MR) is 83.1 cm³/mol. The molecule has 104 valence electrons. The molecule has 0 spiro atoms. The van der Waals surface area contributed by atoms with Crippen LogP contribution >= 0.6 is 46.4 Å². The third-order valence-corrected chi connectivity index (χ3v) is 3.73. The number of nitrogens with two attached hydrogens (primary N) is 1. The third kappa shape index (κ3) is 3.27. The summed E-state index contributed by atoms with van der Waals surface area (Å²) >= 11 is 23.5. The average Bonchev–Trinajstić information content (AvgIpc) is 2.39. The smallest absolute Gasteiger partial charge is 0.257 e. The number of rotatable bonds is 2. The number of aromatic nitrogens is 1. The van der Waals surface area contributed by atoms with Crippen molar-refractivity contribution in [2.45, 2.75) is 0 Å². The van der Waals surface area contributed by atoms with Crippen molar-refractivity contribution in [3.8, 4) is 0 Å². The van der Waals surface area contributed by atoms with Gasteiger partial charge < -0.3 is 11.1 Å². The fraction of sp³-hybridized carbons (Fsp3) is 0. The minimum atomic E-state index is -0.445. The van der Waals surface area contributed by atoms with Crippen LogP contribution in [0.25, 0.3) is 0 Å². The Kier molecular flexibility index (Phi) is 4.60. The molecule has 0 aliphatic heterocycles. The number of hydrogen-bond acceptors (Lipinski definition) is 3. The Bertz CT molecular complexity index is 691. The highest BCUT2D eigenvalue weighted by Gasteiger charge is 2.12. The molecule has 0 unspecified atom stereocenters. The van der Waals surface area contributed by atoms with E-state index in [-0.39, 0.29) is 26.4 Å². The van der Waals surface area contributed by atoms with E-state index in [1.807, 2.05) is 0 Å². The van der Waals surface area contributed by atoms with Crippen LogP contribution in [0.2, 0.25) is 20.1 Å². The largest absolute Gasteiger partial charge is 0.382 e. The Morgan fingerprint density at radius 2 is 1.65 bits per heavy atom. The molecule has 2 rings (SSSR count). The molecule has 0 atom stereocenters. The van der Waals surface area contributed by atoms with Crippen molar-refractivity contribution in [2.75, 3.05) is 11.1 Å². The van der Waals surface area contributed by atoms with Crippen LogP contribution in [0.3, 0.4) is 0 Å². The number of nitrogens with one attached hydrogen (secondary N) is 1. The molecule has 1 heterocycles. The van der Waals surface area contributed by atoms with E-state index in [1.165, 1.54) is 24.4 Å². The molecular formula is C12H7Cl4N3O. The zero-order valence-electron chi connectivity index (χ0n) is 9.75. The Labute approximate surface area is 134 Å². The molecule has 0 saturated heterocycles. The fourth-order valence-corrected chi connectivity index (χ4v) is 2.15. The summed E-state index contributed by atoms with van der Waals surface area (Å²) in [6, 6.07) is 4.30. The first-order valence-electron chi connectivity index (χ1n) is 5.25. The highest BCUT2D eigenvalue weighted by atomic mass is 35.5. The summed E-state index contributed by atoms with van der Waals surface area (Å²) in [4.78, 5) is 15.8. The van der Waals surface area contributed by atoms with Gasteiger partial charge in [0.25, 0.3) is 5.91 Å². The Balaban J connectivity index is 2.27. The quantitative estimate of drug-likeness (QED) is 0.782. The van der Waals surface area contributed by atoms with Gasteiger partial charge in [0.2, 0.25) is 0 Å². The molecule has 1 aromatic carbocycles. The Hall–Kier alpha value is -1.20. The van der Waals surface area contributed by atoms with E-state index in [1.54, 1.807) is 0 Å². The maximum Gasteiger partial charge on any atom is 0.257 e. The normalized spacial score (nSPS) is 10.4. The monoisotopic (exact) mass is 349 g/mol. The van der Waals surface area contributed by atoms with Gasteiger partial charge in [0, 0.05) is 6.20 Å². The maximum absolute atomic E-state index is 12.0. The van der Waals surface area contributed by atoms with Gasteiger partial charge in [0.15, 0.2) is 0 Å². The molecule has 1 aromatic heterocycles. The molecule has 0 radical (unpaired) electrons.